The number of likely N-dealkylation sites (tertiary alicyclic amines) is 1. The van der Waals surface area contributed by atoms with Crippen molar-refractivity contribution in [3.8, 4) is 0 Å². The predicted octanol–water partition coefficient (Wildman–Crippen LogP) is 2.22. The molecule has 1 aromatic rings. The summed E-state index contributed by atoms with van der Waals surface area (Å²) in [6, 6.07) is 2.02. The van der Waals surface area contributed by atoms with E-state index in [-0.39, 0.29) is 0 Å². The Morgan fingerprint density at radius 2 is 2.00 bits per heavy atom. The molecule has 0 bridgehead atoms. The smallest absolute Gasteiger partial charge is 0.133 e. The van der Waals surface area contributed by atoms with Crippen LogP contribution in [-0.2, 0) is 6.42 Å². The van der Waals surface area contributed by atoms with Gasteiger partial charge in [0, 0.05) is 32.1 Å². The van der Waals surface area contributed by atoms with Gasteiger partial charge in [-0.25, -0.2) is 9.97 Å². The van der Waals surface area contributed by atoms with E-state index >= 15 is 0 Å². The van der Waals surface area contributed by atoms with Crippen molar-refractivity contribution in [3.05, 3.63) is 11.9 Å². The molecule has 1 aliphatic rings. The van der Waals surface area contributed by atoms with Crippen LogP contribution in [0.2, 0.25) is 0 Å². The number of nitrogens with one attached hydrogen (secondary N) is 2. The van der Waals surface area contributed by atoms with Gasteiger partial charge < -0.3 is 15.5 Å². The highest BCUT2D eigenvalue weighted by Gasteiger charge is 2.19. The topological polar surface area (TPSA) is 53.1 Å². The summed E-state index contributed by atoms with van der Waals surface area (Å²) in [6.07, 6.45) is 3.28. The van der Waals surface area contributed by atoms with Gasteiger partial charge >= 0.3 is 0 Å². The molecule has 1 atom stereocenters. The van der Waals surface area contributed by atoms with E-state index in [1.165, 1.54) is 19.5 Å². The lowest BCUT2D eigenvalue weighted by Crippen LogP contribution is -2.20. The first-order valence-electron chi connectivity index (χ1n) is 7.75. The Morgan fingerprint density at radius 3 is 2.60 bits per heavy atom. The molecule has 20 heavy (non-hydrogen) atoms. The molecule has 112 valence electrons. The van der Waals surface area contributed by atoms with Crippen molar-refractivity contribution < 1.29 is 0 Å². The molecule has 2 N–H and O–H groups in total. The third-order valence-corrected chi connectivity index (χ3v) is 3.66. The van der Waals surface area contributed by atoms with Gasteiger partial charge in [0.2, 0.25) is 0 Å². The monoisotopic (exact) mass is 277 g/mol. The van der Waals surface area contributed by atoms with E-state index in [9.17, 15) is 0 Å². The standard InChI is InChI=1S/C15H27N5/c1-4-6-13-18-14(16-5-2)9-15(19-13)17-10-12-7-8-20(3)11-12/h9,12H,4-8,10-11H2,1-3H3,(H2,16,17,18,19). The largest absolute Gasteiger partial charge is 0.370 e. The molecule has 1 aliphatic heterocycles. The third-order valence-electron chi connectivity index (χ3n) is 3.66. The van der Waals surface area contributed by atoms with Crippen molar-refractivity contribution in [2.45, 2.75) is 33.1 Å². The zero-order valence-corrected chi connectivity index (χ0v) is 12.9. The Hall–Kier alpha value is -1.36. The van der Waals surface area contributed by atoms with Gasteiger partial charge in [-0.05, 0) is 39.3 Å². The molecular formula is C15H27N5. The molecular weight excluding hydrogens is 250 g/mol. The Bertz CT molecular complexity index is 396. The van der Waals surface area contributed by atoms with Crippen LogP contribution >= 0.6 is 0 Å². The molecule has 5 nitrogen and oxygen atoms in total. The minimum Gasteiger partial charge on any atom is -0.370 e. The van der Waals surface area contributed by atoms with Crippen LogP contribution in [0.4, 0.5) is 11.6 Å². The molecule has 0 amide bonds. The van der Waals surface area contributed by atoms with Crippen LogP contribution in [-0.4, -0.2) is 48.1 Å². The van der Waals surface area contributed by atoms with Crippen molar-refractivity contribution in [2.24, 2.45) is 5.92 Å². The highest BCUT2D eigenvalue weighted by Crippen LogP contribution is 2.17. The SMILES string of the molecule is CCCc1nc(NCC)cc(NCC2CCN(C)C2)n1. The molecule has 2 rings (SSSR count). The predicted molar refractivity (Wildman–Crippen MR) is 84.3 cm³/mol. The lowest BCUT2D eigenvalue weighted by Gasteiger charge is -2.14. The summed E-state index contributed by atoms with van der Waals surface area (Å²) in [7, 11) is 2.19. The number of anilines is 2. The molecule has 2 heterocycles. The molecule has 1 aromatic heterocycles. The first kappa shape index (κ1) is 15.0. The first-order valence-corrected chi connectivity index (χ1v) is 7.75. The van der Waals surface area contributed by atoms with Gasteiger partial charge in [0.1, 0.15) is 17.5 Å². The molecule has 0 spiro atoms. The molecule has 0 radical (unpaired) electrons. The summed E-state index contributed by atoms with van der Waals surface area (Å²) in [5.74, 6) is 3.54. The Kier molecular flexibility index (Phi) is 5.59. The van der Waals surface area contributed by atoms with Gasteiger partial charge in [0.15, 0.2) is 0 Å². The number of nitrogens with zero attached hydrogens (tertiary/aromatic N) is 3. The van der Waals surface area contributed by atoms with Crippen LogP contribution in [0.5, 0.6) is 0 Å². The molecule has 0 saturated carbocycles. The van der Waals surface area contributed by atoms with Gasteiger partial charge in [0.25, 0.3) is 0 Å². The number of hydrogen-bond acceptors (Lipinski definition) is 5. The molecule has 1 unspecified atom stereocenters. The second kappa shape index (κ2) is 7.43. The summed E-state index contributed by atoms with van der Waals surface area (Å²) in [5.41, 5.74) is 0. The van der Waals surface area contributed by atoms with Gasteiger partial charge in [-0.1, -0.05) is 6.92 Å². The number of aromatic nitrogens is 2. The Morgan fingerprint density at radius 1 is 1.25 bits per heavy atom. The second-order valence-electron chi connectivity index (χ2n) is 5.63. The second-order valence-corrected chi connectivity index (χ2v) is 5.63. The fraction of sp³-hybridized carbons (Fsp3) is 0.733. The molecule has 1 saturated heterocycles. The molecule has 1 fully saturated rings. The zero-order chi connectivity index (χ0) is 14.4. The van der Waals surface area contributed by atoms with E-state index in [2.05, 4.69) is 46.4 Å². The third kappa shape index (κ3) is 4.34. The van der Waals surface area contributed by atoms with Crippen LogP contribution in [0.3, 0.4) is 0 Å². The van der Waals surface area contributed by atoms with Gasteiger partial charge in [-0.15, -0.1) is 0 Å². The summed E-state index contributed by atoms with van der Waals surface area (Å²) in [4.78, 5) is 11.5. The number of hydrogen-bond donors (Lipinski definition) is 2. The summed E-state index contributed by atoms with van der Waals surface area (Å²) < 4.78 is 0. The van der Waals surface area contributed by atoms with Gasteiger partial charge in [-0.2, -0.15) is 0 Å². The van der Waals surface area contributed by atoms with Gasteiger partial charge in [0.05, 0.1) is 0 Å². The lowest BCUT2D eigenvalue weighted by molar-refractivity contribution is 0.399. The van der Waals surface area contributed by atoms with E-state index in [1.54, 1.807) is 0 Å². The summed E-state index contributed by atoms with van der Waals surface area (Å²) in [6.45, 7) is 8.52. The van der Waals surface area contributed by atoms with Crippen LogP contribution in [0.25, 0.3) is 0 Å². The molecule has 0 aromatic carbocycles. The maximum absolute atomic E-state index is 4.61. The van der Waals surface area contributed by atoms with Crippen LogP contribution < -0.4 is 10.6 Å². The quantitative estimate of drug-likeness (QED) is 0.800. The van der Waals surface area contributed by atoms with Crippen molar-refractivity contribution >= 4 is 11.6 Å². The molecule has 0 aliphatic carbocycles. The number of rotatable bonds is 7. The highest BCUT2D eigenvalue weighted by molar-refractivity contribution is 5.47. The van der Waals surface area contributed by atoms with Crippen molar-refractivity contribution in [2.75, 3.05) is 43.9 Å². The van der Waals surface area contributed by atoms with E-state index in [0.29, 0.717) is 0 Å². The fourth-order valence-electron chi connectivity index (χ4n) is 2.64. The van der Waals surface area contributed by atoms with Crippen molar-refractivity contribution in [1.29, 1.82) is 0 Å². The van der Waals surface area contributed by atoms with E-state index < -0.39 is 0 Å². The van der Waals surface area contributed by atoms with E-state index in [0.717, 1.165) is 49.3 Å². The van der Waals surface area contributed by atoms with E-state index in [1.807, 2.05) is 6.07 Å². The fourth-order valence-corrected chi connectivity index (χ4v) is 2.64. The number of aryl methyl sites for hydroxylation is 1. The Balaban J connectivity index is 1.98. The minimum absolute atomic E-state index is 0.729. The average molecular weight is 277 g/mol. The van der Waals surface area contributed by atoms with Crippen molar-refractivity contribution in [1.82, 2.24) is 14.9 Å². The average Bonchev–Trinajstić information content (AvgIpc) is 2.83. The summed E-state index contributed by atoms with van der Waals surface area (Å²) >= 11 is 0. The van der Waals surface area contributed by atoms with Crippen LogP contribution in [0.1, 0.15) is 32.5 Å². The van der Waals surface area contributed by atoms with Crippen LogP contribution in [0, 0.1) is 5.92 Å². The Labute approximate surface area is 122 Å². The minimum atomic E-state index is 0.729. The first-order chi connectivity index (χ1) is 9.71. The summed E-state index contributed by atoms with van der Waals surface area (Å²) in [5, 5.41) is 6.77. The maximum Gasteiger partial charge on any atom is 0.133 e. The molecule has 5 heteroatoms. The highest BCUT2D eigenvalue weighted by atomic mass is 15.1. The lowest BCUT2D eigenvalue weighted by atomic mass is 10.1. The van der Waals surface area contributed by atoms with Gasteiger partial charge in [-0.3, -0.25) is 0 Å². The zero-order valence-electron chi connectivity index (χ0n) is 12.9. The normalized spacial score (nSPS) is 19.2. The van der Waals surface area contributed by atoms with E-state index in [4.69, 9.17) is 0 Å². The van der Waals surface area contributed by atoms with Crippen molar-refractivity contribution in [3.63, 3.8) is 0 Å². The van der Waals surface area contributed by atoms with Crippen LogP contribution in [0.15, 0.2) is 6.07 Å². The maximum atomic E-state index is 4.61.